The van der Waals surface area contributed by atoms with Gasteiger partial charge in [-0.15, -0.1) is 0 Å². The molecule has 0 aliphatic heterocycles. The molecule has 2 N–H and O–H groups in total. The first-order valence-electron chi connectivity index (χ1n) is 6.24. The summed E-state index contributed by atoms with van der Waals surface area (Å²) in [7, 11) is 0. The molecule has 2 rings (SSSR count). The molecular weight excluding hydrogens is 240 g/mol. The zero-order chi connectivity index (χ0) is 14.0. The predicted molar refractivity (Wildman–Crippen MR) is 75.4 cm³/mol. The van der Waals surface area contributed by atoms with Crippen LogP contribution in [-0.2, 0) is 0 Å². The highest BCUT2D eigenvalue weighted by molar-refractivity contribution is 5.95. The van der Waals surface area contributed by atoms with Crippen molar-refractivity contribution in [1.29, 1.82) is 0 Å². The zero-order valence-electron chi connectivity index (χ0n) is 11.4. The molecule has 100 valence electrons. The van der Waals surface area contributed by atoms with Gasteiger partial charge in [0.25, 0.3) is 0 Å². The lowest BCUT2D eigenvalue weighted by molar-refractivity contribution is 0.0736. The number of rotatable bonds is 3. The first kappa shape index (κ1) is 13.2. The molecule has 0 fully saturated rings. The van der Waals surface area contributed by atoms with E-state index in [1.807, 2.05) is 43.5 Å². The quantitative estimate of drug-likeness (QED) is 0.679. The smallest absolute Gasteiger partial charge is 0.347 e. The molecule has 0 aliphatic rings. The summed E-state index contributed by atoms with van der Waals surface area (Å²) in [5, 5.41) is 0. The van der Waals surface area contributed by atoms with Gasteiger partial charge in [0.05, 0.1) is 0 Å². The summed E-state index contributed by atoms with van der Waals surface area (Å²) in [6.45, 7) is 5.96. The van der Waals surface area contributed by atoms with E-state index in [9.17, 15) is 4.79 Å². The van der Waals surface area contributed by atoms with Gasteiger partial charge < -0.3 is 15.0 Å². The number of benzene rings is 1. The minimum Gasteiger partial charge on any atom is -0.423 e. The number of nitrogens with two attached hydrogens (primary N) is 1. The lowest BCUT2D eigenvalue weighted by Gasteiger charge is -2.10. The normalized spacial score (nSPS) is 10.7. The van der Waals surface area contributed by atoms with E-state index in [1.165, 1.54) is 0 Å². The second-order valence-corrected chi connectivity index (χ2v) is 4.82. The van der Waals surface area contributed by atoms with E-state index in [-0.39, 0.29) is 6.04 Å². The Hall–Kier alpha value is -2.23. The molecule has 0 atom stereocenters. The fraction of sp³-hybridized carbons (Fsp3) is 0.267. The second kappa shape index (κ2) is 5.18. The van der Waals surface area contributed by atoms with Gasteiger partial charge in [0, 0.05) is 12.2 Å². The zero-order valence-corrected chi connectivity index (χ0v) is 11.4. The van der Waals surface area contributed by atoms with Gasteiger partial charge in [-0.25, -0.2) is 4.79 Å². The maximum absolute atomic E-state index is 12.1. The molecule has 0 unspecified atom stereocenters. The highest BCUT2D eigenvalue weighted by Gasteiger charge is 2.17. The Labute approximate surface area is 112 Å². The van der Waals surface area contributed by atoms with Crippen LogP contribution in [0, 0.1) is 6.92 Å². The molecule has 4 nitrogen and oxygen atoms in total. The van der Waals surface area contributed by atoms with Crippen molar-refractivity contribution < 1.29 is 9.53 Å². The van der Waals surface area contributed by atoms with Crippen LogP contribution in [0.5, 0.6) is 5.75 Å². The van der Waals surface area contributed by atoms with Crippen molar-refractivity contribution in [3.8, 4) is 5.75 Å². The Kier molecular flexibility index (Phi) is 3.60. The number of hydrogen-bond acceptors (Lipinski definition) is 3. The molecule has 1 aromatic heterocycles. The second-order valence-electron chi connectivity index (χ2n) is 4.82. The minimum absolute atomic E-state index is 0.209. The summed E-state index contributed by atoms with van der Waals surface area (Å²) in [6.07, 6.45) is 1.80. The number of nitrogen functional groups attached to an aromatic ring is 1. The Morgan fingerprint density at radius 2 is 2.05 bits per heavy atom. The van der Waals surface area contributed by atoms with Crippen molar-refractivity contribution in [2.45, 2.75) is 26.8 Å². The molecule has 0 aliphatic carbocycles. The van der Waals surface area contributed by atoms with Gasteiger partial charge in [-0.3, -0.25) is 0 Å². The largest absolute Gasteiger partial charge is 0.423 e. The minimum atomic E-state index is -0.428. The Morgan fingerprint density at radius 1 is 1.32 bits per heavy atom. The highest BCUT2D eigenvalue weighted by Crippen LogP contribution is 2.21. The molecule has 0 amide bonds. The van der Waals surface area contributed by atoms with E-state index in [1.54, 1.807) is 18.3 Å². The van der Waals surface area contributed by atoms with Gasteiger partial charge in [0.1, 0.15) is 17.1 Å². The lowest BCUT2D eigenvalue weighted by Crippen LogP contribution is -2.12. The number of aryl methyl sites for hydroxylation is 1. The van der Waals surface area contributed by atoms with E-state index < -0.39 is 5.97 Å². The summed E-state index contributed by atoms with van der Waals surface area (Å²) in [4.78, 5) is 12.1. The monoisotopic (exact) mass is 258 g/mol. The third-order valence-corrected chi connectivity index (χ3v) is 2.93. The van der Waals surface area contributed by atoms with Gasteiger partial charge >= 0.3 is 5.97 Å². The average Bonchev–Trinajstić information content (AvgIpc) is 2.71. The van der Waals surface area contributed by atoms with Crippen molar-refractivity contribution in [1.82, 2.24) is 4.57 Å². The number of carbonyl (C=O) groups excluding carboxylic acids is 1. The summed E-state index contributed by atoms with van der Waals surface area (Å²) in [5.74, 6) is 0.539. The van der Waals surface area contributed by atoms with E-state index in [2.05, 4.69) is 0 Å². The Balaban J connectivity index is 2.21. The first-order valence-corrected chi connectivity index (χ1v) is 6.24. The van der Waals surface area contributed by atoms with Crippen molar-refractivity contribution in [3.63, 3.8) is 0 Å². The summed E-state index contributed by atoms with van der Waals surface area (Å²) in [5.41, 5.74) is 7.39. The van der Waals surface area contributed by atoms with Gasteiger partial charge in [-0.2, -0.15) is 0 Å². The molecular formula is C15H18N2O2. The van der Waals surface area contributed by atoms with Crippen LogP contribution in [0.4, 0.5) is 5.82 Å². The van der Waals surface area contributed by atoms with E-state index in [0.29, 0.717) is 17.1 Å². The van der Waals surface area contributed by atoms with Crippen LogP contribution in [0.25, 0.3) is 0 Å². The third-order valence-electron chi connectivity index (χ3n) is 2.93. The number of carbonyl (C=O) groups is 1. The van der Waals surface area contributed by atoms with E-state index in [4.69, 9.17) is 10.5 Å². The van der Waals surface area contributed by atoms with Crippen LogP contribution in [-0.4, -0.2) is 10.5 Å². The van der Waals surface area contributed by atoms with E-state index in [0.717, 1.165) is 5.56 Å². The molecule has 0 saturated heterocycles. The fourth-order valence-electron chi connectivity index (χ4n) is 1.92. The van der Waals surface area contributed by atoms with Crippen LogP contribution < -0.4 is 10.5 Å². The van der Waals surface area contributed by atoms with Gasteiger partial charge in [-0.1, -0.05) is 12.1 Å². The van der Waals surface area contributed by atoms with Gasteiger partial charge in [0.2, 0.25) is 0 Å². The van der Waals surface area contributed by atoms with Crippen molar-refractivity contribution in [3.05, 3.63) is 47.7 Å². The Bertz CT molecular complexity index is 600. The van der Waals surface area contributed by atoms with Crippen LogP contribution >= 0.6 is 0 Å². The Morgan fingerprint density at radius 3 is 2.63 bits per heavy atom. The SMILES string of the molecule is Cc1cccc(OC(=O)c2ccn(C(C)C)c2N)c1. The summed E-state index contributed by atoms with van der Waals surface area (Å²) < 4.78 is 7.16. The molecule has 19 heavy (non-hydrogen) atoms. The number of esters is 1. The summed E-state index contributed by atoms with van der Waals surface area (Å²) >= 11 is 0. The van der Waals surface area contributed by atoms with Crippen molar-refractivity contribution in [2.75, 3.05) is 5.73 Å². The summed E-state index contributed by atoms with van der Waals surface area (Å²) in [6, 6.07) is 9.25. The standard InChI is InChI=1S/C15H18N2O2/c1-10(2)17-8-7-13(14(17)16)15(18)19-12-6-4-5-11(3)9-12/h4-10H,16H2,1-3H3. The van der Waals surface area contributed by atoms with Crippen LogP contribution in [0.3, 0.4) is 0 Å². The predicted octanol–water partition coefficient (Wildman–Crippen LogP) is 3.18. The number of hydrogen-bond donors (Lipinski definition) is 1. The van der Waals surface area contributed by atoms with Gasteiger partial charge in [0.15, 0.2) is 0 Å². The maximum atomic E-state index is 12.1. The van der Waals surface area contributed by atoms with E-state index >= 15 is 0 Å². The molecule has 0 spiro atoms. The fourth-order valence-corrected chi connectivity index (χ4v) is 1.92. The number of ether oxygens (including phenoxy) is 1. The first-order chi connectivity index (χ1) is 8.99. The van der Waals surface area contributed by atoms with Crippen LogP contribution in [0.15, 0.2) is 36.5 Å². The number of nitrogens with zero attached hydrogens (tertiary/aromatic N) is 1. The van der Waals surface area contributed by atoms with Crippen molar-refractivity contribution >= 4 is 11.8 Å². The van der Waals surface area contributed by atoms with Crippen LogP contribution in [0.1, 0.15) is 35.8 Å². The molecule has 0 bridgehead atoms. The number of anilines is 1. The van der Waals surface area contributed by atoms with Crippen LogP contribution in [0.2, 0.25) is 0 Å². The third kappa shape index (κ3) is 2.78. The molecule has 1 heterocycles. The average molecular weight is 258 g/mol. The number of aromatic nitrogens is 1. The molecule has 2 aromatic rings. The maximum Gasteiger partial charge on any atom is 0.347 e. The molecule has 0 saturated carbocycles. The topological polar surface area (TPSA) is 57.2 Å². The molecule has 1 aromatic carbocycles. The lowest BCUT2D eigenvalue weighted by atomic mass is 10.2. The molecule has 0 radical (unpaired) electrons. The highest BCUT2D eigenvalue weighted by atomic mass is 16.5. The molecule has 4 heteroatoms. The van der Waals surface area contributed by atoms with Crippen molar-refractivity contribution in [2.24, 2.45) is 0 Å². The van der Waals surface area contributed by atoms with Gasteiger partial charge in [-0.05, 0) is 44.5 Å².